The van der Waals surface area contributed by atoms with E-state index in [1.165, 1.54) is 31.9 Å². The molecule has 1 aromatic heterocycles. The quantitative estimate of drug-likeness (QED) is 0.513. The summed E-state index contributed by atoms with van der Waals surface area (Å²) in [6.07, 6.45) is 0. The van der Waals surface area contributed by atoms with Crippen LogP contribution in [-0.2, 0) is 14.8 Å². The molecule has 10 heteroatoms. The highest BCUT2D eigenvalue weighted by atomic mass is 32.2. The summed E-state index contributed by atoms with van der Waals surface area (Å²) in [4.78, 5) is 20.2. The van der Waals surface area contributed by atoms with Crippen LogP contribution >= 0.6 is 11.8 Å². The van der Waals surface area contributed by atoms with Crippen LogP contribution in [0.25, 0.3) is 11.0 Å². The van der Waals surface area contributed by atoms with Crippen LogP contribution in [0.2, 0.25) is 0 Å². The number of carbonyl (C=O) groups excluding carboxylic acids is 1. The number of ether oxygens (including phenoxy) is 1. The van der Waals surface area contributed by atoms with E-state index in [1.54, 1.807) is 19.1 Å². The number of benzene rings is 2. The second-order valence-corrected chi connectivity index (χ2v) is 9.84. The molecule has 160 valence electrons. The van der Waals surface area contributed by atoms with Crippen molar-refractivity contribution in [2.45, 2.75) is 23.9 Å². The number of hydrogen-bond acceptors (Lipinski definition) is 6. The van der Waals surface area contributed by atoms with E-state index in [4.69, 9.17) is 4.74 Å². The number of hydrogen-bond donors (Lipinski definition) is 2. The van der Waals surface area contributed by atoms with Crippen molar-refractivity contribution in [2.75, 3.05) is 31.8 Å². The van der Waals surface area contributed by atoms with E-state index >= 15 is 0 Å². The van der Waals surface area contributed by atoms with Crippen LogP contribution in [-0.4, -0.2) is 55.1 Å². The number of aromatic amines is 1. The molecule has 0 spiro atoms. The Morgan fingerprint density at radius 2 is 2.00 bits per heavy atom. The molecule has 1 amide bonds. The van der Waals surface area contributed by atoms with Gasteiger partial charge in [-0.15, -0.1) is 0 Å². The number of fused-ring (bicyclic) bond motifs is 1. The van der Waals surface area contributed by atoms with Crippen molar-refractivity contribution >= 4 is 44.4 Å². The molecule has 0 saturated carbocycles. The lowest BCUT2D eigenvalue weighted by Crippen LogP contribution is -2.23. The van der Waals surface area contributed by atoms with Crippen molar-refractivity contribution < 1.29 is 17.9 Å². The van der Waals surface area contributed by atoms with Gasteiger partial charge in [-0.25, -0.2) is 17.7 Å². The fourth-order valence-corrected chi connectivity index (χ4v) is 4.60. The molecule has 0 aliphatic rings. The average Bonchev–Trinajstić information content (AvgIpc) is 3.10. The van der Waals surface area contributed by atoms with Crippen LogP contribution in [0, 0.1) is 6.92 Å². The Hall–Kier alpha value is -2.56. The first kappa shape index (κ1) is 22.1. The van der Waals surface area contributed by atoms with Gasteiger partial charge in [-0.1, -0.05) is 17.8 Å². The summed E-state index contributed by atoms with van der Waals surface area (Å²) < 4.78 is 31.5. The first-order valence-electron chi connectivity index (χ1n) is 9.29. The Kier molecular flexibility index (Phi) is 6.69. The van der Waals surface area contributed by atoms with Gasteiger partial charge in [0, 0.05) is 25.8 Å². The normalized spacial score (nSPS) is 11.8. The Balaban J connectivity index is 1.67. The SMILES string of the molecule is CCOc1ccc2nc(SCC(=O)Nc3ccc(C)c(S(=O)(=O)N(C)C)c3)[nH]c2c1. The molecule has 0 unspecified atom stereocenters. The molecule has 2 N–H and O–H groups in total. The van der Waals surface area contributed by atoms with Gasteiger partial charge in [-0.3, -0.25) is 4.79 Å². The van der Waals surface area contributed by atoms with Crippen molar-refractivity contribution in [2.24, 2.45) is 0 Å². The molecular weight excluding hydrogens is 424 g/mol. The number of imidazole rings is 1. The van der Waals surface area contributed by atoms with Gasteiger partial charge in [-0.05, 0) is 43.7 Å². The molecular formula is C20H24N4O4S2. The number of H-pyrrole nitrogens is 1. The third kappa shape index (κ3) is 4.94. The molecule has 3 rings (SSSR count). The standard InChI is InChI=1S/C20H24N4O4S2/c1-5-28-15-8-9-16-17(11-15)23-20(22-16)29-12-19(25)21-14-7-6-13(2)18(10-14)30(26,27)24(3)4/h6-11H,5,12H2,1-4H3,(H,21,25)(H,22,23). The zero-order chi connectivity index (χ0) is 21.9. The van der Waals surface area contributed by atoms with Gasteiger partial charge in [0.05, 0.1) is 28.3 Å². The van der Waals surface area contributed by atoms with E-state index in [1.807, 2.05) is 25.1 Å². The lowest BCUT2D eigenvalue weighted by molar-refractivity contribution is -0.113. The van der Waals surface area contributed by atoms with Crippen LogP contribution in [0.5, 0.6) is 5.75 Å². The molecule has 0 aliphatic heterocycles. The van der Waals surface area contributed by atoms with Crippen molar-refractivity contribution in [1.82, 2.24) is 14.3 Å². The molecule has 0 atom stereocenters. The third-order valence-corrected chi connectivity index (χ3v) is 7.14. The molecule has 3 aromatic rings. The number of nitrogens with zero attached hydrogens (tertiary/aromatic N) is 2. The number of aryl methyl sites for hydroxylation is 1. The van der Waals surface area contributed by atoms with Crippen LogP contribution < -0.4 is 10.1 Å². The highest BCUT2D eigenvalue weighted by Crippen LogP contribution is 2.25. The van der Waals surface area contributed by atoms with Gasteiger partial charge in [0.15, 0.2) is 5.16 Å². The van der Waals surface area contributed by atoms with Crippen molar-refractivity contribution in [3.63, 3.8) is 0 Å². The number of sulfonamides is 1. The van der Waals surface area contributed by atoms with E-state index in [0.717, 1.165) is 21.1 Å². The van der Waals surface area contributed by atoms with Gasteiger partial charge in [0.25, 0.3) is 0 Å². The largest absolute Gasteiger partial charge is 0.494 e. The van der Waals surface area contributed by atoms with Gasteiger partial charge < -0.3 is 15.0 Å². The Bertz CT molecular complexity index is 1170. The fourth-order valence-electron chi connectivity index (χ4n) is 2.77. The number of aromatic nitrogens is 2. The maximum Gasteiger partial charge on any atom is 0.242 e. The van der Waals surface area contributed by atoms with Crippen molar-refractivity contribution in [3.05, 3.63) is 42.0 Å². The molecule has 0 saturated heterocycles. The number of thioether (sulfide) groups is 1. The molecule has 30 heavy (non-hydrogen) atoms. The number of anilines is 1. The van der Waals surface area contributed by atoms with Gasteiger partial charge in [0.1, 0.15) is 5.75 Å². The summed E-state index contributed by atoms with van der Waals surface area (Å²) in [7, 11) is -0.645. The van der Waals surface area contributed by atoms with E-state index in [0.29, 0.717) is 23.0 Å². The van der Waals surface area contributed by atoms with Gasteiger partial charge >= 0.3 is 0 Å². The lowest BCUT2D eigenvalue weighted by Gasteiger charge is -2.15. The summed E-state index contributed by atoms with van der Waals surface area (Å²) in [5.74, 6) is 0.625. The highest BCUT2D eigenvalue weighted by molar-refractivity contribution is 7.99. The number of amides is 1. The third-order valence-electron chi connectivity index (χ3n) is 4.31. The van der Waals surface area contributed by atoms with Crippen LogP contribution in [0.3, 0.4) is 0 Å². The number of rotatable bonds is 8. The zero-order valence-electron chi connectivity index (χ0n) is 17.2. The summed E-state index contributed by atoms with van der Waals surface area (Å²) >= 11 is 1.26. The second-order valence-electron chi connectivity index (χ2n) is 6.76. The predicted molar refractivity (Wildman–Crippen MR) is 119 cm³/mol. The molecule has 8 nitrogen and oxygen atoms in total. The first-order valence-corrected chi connectivity index (χ1v) is 11.7. The van der Waals surface area contributed by atoms with Crippen molar-refractivity contribution in [1.29, 1.82) is 0 Å². The molecule has 0 fully saturated rings. The monoisotopic (exact) mass is 448 g/mol. The minimum absolute atomic E-state index is 0.127. The lowest BCUT2D eigenvalue weighted by atomic mass is 10.2. The van der Waals surface area contributed by atoms with E-state index in [-0.39, 0.29) is 16.6 Å². The van der Waals surface area contributed by atoms with Crippen LogP contribution in [0.15, 0.2) is 46.5 Å². The summed E-state index contributed by atoms with van der Waals surface area (Å²) in [5.41, 5.74) is 2.67. The minimum Gasteiger partial charge on any atom is -0.494 e. The summed E-state index contributed by atoms with van der Waals surface area (Å²) in [5, 5.41) is 3.37. The maximum absolute atomic E-state index is 12.4. The van der Waals surface area contributed by atoms with Crippen LogP contribution in [0.1, 0.15) is 12.5 Å². The number of carbonyl (C=O) groups is 1. The fraction of sp³-hybridized carbons (Fsp3) is 0.300. The highest BCUT2D eigenvalue weighted by Gasteiger charge is 2.20. The summed E-state index contributed by atoms with van der Waals surface area (Å²) in [6.45, 7) is 4.22. The molecule has 0 bridgehead atoms. The smallest absolute Gasteiger partial charge is 0.242 e. The van der Waals surface area contributed by atoms with E-state index in [9.17, 15) is 13.2 Å². The first-order chi connectivity index (χ1) is 14.2. The molecule has 0 radical (unpaired) electrons. The van der Waals surface area contributed by atoms with Crippen molar-refractivity contribution in [3.8, 4) is 5.75 Å². The minimum atomic E-state index is -3.59. The molecule has 0 aliphatic carbocycles. The Morgan fingerprint density at radius 1 is 1.23 bits per heavy atom. The zero-order valence-corrected chi connectivity index (χ0v) is 18.9. The maximum atomic E-state index is 12.4. The van der Waals surface area contributed by atoms with Crippen LogP contribution in [0.4, 0.5) is 5.69 Å². The Morgan fingerprint density at radius 3 is 2.70 bits per heavy atom. The predicted octanol–water partition coefficient (Wildman–Crippen LogP) is 3.25. The molecule has 2 aromatic carbocycles. The van der Waals surface area contributed by atoms with Gasteiger partial charge in [-0.2, -0.15) is 0 Å². The number of nitrogens with one attached hydrogen (secondary N) is 2. The second kappa shape index (κ2) is 9.07. The van der Waals surface area contributed by atoms with E-state index in [2.05, 4.69) is 15.3 Å². The van der Waals surface area contributed by atoms with Gasteiger partial charge in [0.2, 0.25) is 15.9 Å². The molecule has 1 heterocycles. The Labute approximate surface area is 180 Å². The average molecular weight is 449 g/mol. The summed E-state index contributed by atoms with van der Waals surface area (Å²) in [6, 6.07) is 10.4. The topological polar surface area (TPSA) is 104 Å². The van der Waals surface area contributed by atoms with E-state index < -0.39 is 10.0 Å².